The van der Waals surface area contributed by atoms with Crippen LogP contribution in [-0.2, 0) is 7.05 Å². The molecular weight excluding hydrogens is 318 g/mol. The van der Waals surface area contributed by atoms with Gasteiger partial charge >= 0.3 is 0 Å². The second-order valence-electron chi connectivity index (χ2n) is 6.57. The lowest BCUT2D eigenvalue weighted by Gasteiger charge is -2.34. The molecule has 25 heavy (non-hydrogen) atoms. The van der Waals surface area contributed by atoms with E-state index in [0.29, 0.717) is 24.3 Å². The number of likely N-dealkylation sites (tertiary alicyclic amines) is 1. The van der Waals surface area contributed by atoms with Crippen molar-refractivity contribution in [2.75, 3.05) is 13.1 Å². The number of amides is 2. The third-order valence-corrected chi connectivity index (χ3v) is 4.92. The zero-order valence-electron chi connectivity index (χ0n) is 14.3. The van der Waals surface area contributed by atoms with Crippen LogP contribution in [0.15, 0.2) is 42.6 Å². The van der Waals surface area contributed by atoms with Gasteiger partial charge in [-0.05, 0) is 30.4 Å². The Morgan fingerprint density at radius 3 is 2.40 bits per heavy atom. The minimum absolute atomic E-state index is 0.109. The fourth-order valence-corrected chi connectivity index (χ4v) is 3.41. The maximum atomic E-state index is 12.7. The molecule has 1 unspecified atom stereocenters. The van der Waals surface area contributed by atoms with E-state index in [1.807, 2.05) is 30.3 Å². The topological polar surface area (TPSA) is 88.6 Å². The number of aliphatic hydroxyl groups is 1. The molecule has 1 aromatic heterocycles. The summed E-state index contributed by atoms with van der Waals surface area (Å²) in [6.45, 7) is 1.18. The number of hydrogen-bond donors (Lipinski definition) is 2. The van der Waals surface area contributed by atoms with Gasteiger partial charge in [0.1, 0.15) is 5.69 Å². The molecule has 3 N–H and O–H groups in total. The minimum atomic E-state index is -0.542. The largest absolute Gasteiger partial charge is 0.388 e. The molecule has 1 aliphatic rings. The number of primary amides is 1. The van der Waals surface area contributed by atoms with E-state index in [9.17, 15) is 14.7 Å². The number of aromatic nitrogens is 1. The zero-order valence-corrected chi connectivity index (χ0v) is 14.3. The summed E-state index contributed by atoms with van der Waals surface area (Å²) in [4.78, 5) is 25.7. The molecule has 1 saturated heterocycles. The van der Waals surface area contributed by atoms with Crippen LogP contribution in [0.5, 0.6) is 0 Å². The Labute approximate surface area is 146 Å². The molecule has 6 heteroatoms. The Bertz CT molecular complexity index is 761. The number of aryl methyl sites for hydroxylation is 1. The third kappa shape index (κ3) is 3.58. The molecule has 1 aromatic carbocycles. The molecule has 132 valence electrons. The molecule has 0 radical (unpaired) electrons. The number of carbonyl (C=O) groups is 2. The van der Waals surface area contributed by atoms with Gasteiger partial charge in [-0.3, -0.25) is 9.59 Å². The Morgan fingerprint density at radius 1 is 1.20 bits per heavy atom. The predicted octanol–water partition coefficient (Wildman–Crippen LogP) is 1.71. The number of hydrogen-bond acceptors (Lipinski definition) is 3. The van der Waals surface area contributed by atoms with Crippen molar-refractivity contribution in [1.82, 2.24) is 9.47 Å². The maximum Gasteiger partial charge on any atom is 0.270 e. The summed E-state index contributed by atoms with van der Waals surface area (Å²) in [7, 11) is 1.73. The van der Waals surface area contributed by atoms with Crippen molar-refractivity contribution in [3.8, 4) is 0 Å². The lowest BCUT2D eigenvalue weighted by molar-refractivity contribution is 0.0456. The fraction of sp³-hybridized carbons (Fsp3) is 0.368. The van der Waals surface area contributed by atoms with E-state index in [-0.39, 0.29) is 11.8 Å². The van der Waals surface area contributed by atoms with Gasteiger partial charge in [0.15, 0.2) is 0 Å². The van der Waals surface area contributed by atoms with Crippen LogP contribution in [-0.4, -0.2) is 39.5 Å². The van der Waals surface area contributed by atoms with Gasteiger partial charge < -0.3 is 20.3 Å². The third-order valence-electron chi connectivity index (χ3n) is 4.92. The van der Waals surface area contributed by atoms with Gasteiger partial charge in [-0.15, -0.1) is 0 Å². The molecule has 0 spiro atoms. The fourth-order valence-electron chi connectivity index (χ4n) is 3.41. The average Bonchev–Trinajstić information content (AvgIpc) is 3.03. The highest BCUT2D eigenvalue weighted by atomic mass is 16.3. The van der Waals surface area contributed by atoms with Gasteiger partial charge in [-0.1, -0.05) is 30.3 Å². The number of rotatable bonds is 4. The van der Waals surface area contributed by atoms with Crippen LogP contribution in [0.2, 0.25) is 0 Å². The standard InChI is InChI=1S/C19H23N3O3/c1-21-12-15(18(20)24)11-16(21)19(25)22-9-7-14(8-10-22)17(23)13-5-3-2-4-6-13/h2-6,11-12,14,17,23H,7-10H2,1H3,(H2,20,24). The Morgan fingerprint density at radius 2 is 1.84 bits per heavy atom. The first kappa shape index (κ1) is 17.2. The molecule has 0 aliphatic carbocycles. The van der Waals surface area contributed by atoms with Crippen LogP contribution in [0.25, 0.3) is 0 Å². The van der Waals surface area contributed by atoms with Gasteiger partial charge in [-0.2, -0.15) is 0 Å². The van der Waals surface area contributed by atoms with Gasteiger partial charge in [0, 0.05) is 26.3 Å². The Balaban J connectivity index is 1.64. The maximum absolute atomic E-state index is 12.7. The molecule has 1 atom stereocenters. The number of piperidine rings is 1. The smallest absolute Gasteiger partial charge is 0.270 e. The normalized spacial score (nSPS) is 16.6. The second-order valence-corrected chi connectivity index (χ2v) is 6.57. The molecule has 2 aromatic rings. The van der Waals surface area contributed by atoms with Crippen molar-refractivity contribution in [2.45, 2.75) is 18.9 Å². The summed E-state index contributed by atoms with van der Waals surface area (Å²) in [6.07, 6.45) is 2.56. The summed E-state index contributed by atoms with van der Waals surface area (Å²) in [5.41, 5.74) is 6.98. The minimum Gasteiger partial charge on any atom is -0.388 e. The first-order valence-corrected chi connectivity index (χ1v) is 8.46. The van der Waals surface area contributed by atoms with Crippen molar-refractivity contribution in [3.05, 3.63) is 59.4 Å². The summed E-state index contributed by atoms with van der Waals surface area (Å²) >= 11 is 0. The molecule has 6 nitrogen and oxygen atoms in total. The molecule has 3 rings (SSSR count). The number of benzene rings is 1. The highest BCUT2D eigenvalue weighted by Crippen LogP contribution is 2.31. The first-order valence-electron chi connectivity index (χ1n) is 8.46. The van der Waals surface area contributed by atoms with Gasteiger partial charge in [0.2, 0.25) is 5.91 Å². The lowest BCUT2D eigenvalue weighted by Crippen LogP contribution is -2.40. The van der Waals surface area contributed by atoms with Gasteiger partial charge in [0.05, 0.1) is 11.7 Å². The Hall–Kier alpha value is -2.60. The van der Waals surface area contributed by atoms with Gasteiger partial charge in [0.25, 0.3) is 5.91 Å². The van der Waals surface area contributed by atoms with E-state index in [4.69, 9.17) is 5.73 Å². The van der Waals surface area contributed by atoms with E-state index in [2.05, 4.69) is 0 Å². The molecule has 0 bridgehead atoms. The van der Waals surface area contributed by atoms with Crippen molar-refractivity contribution in [3.63, 3.8) is 0 Å². The number of nitrogens with zero attached hydrogens (tertiary/aromatic N) is 2. The number of carbonyl (C=O) groups excluding carboxylic acids is 2. The van der Waals surface area contributed by atoms with E-state index in [0.717, 1.165) is 18.4 Å². The van der Waals surface area contributed by atoms with E-state index in [1.54, 1.807) is 22.7 Å². The second kappa shape index (κ2) is 7.11. The molecule has 1 aliphatic heterocycles. The van der Waals surface area contributed by atoms with E-state index < -0.39 is 12.0 Å². The zero-order chi connectivity index (χ0) is 18.0. The van der Waals surface area contributed by atoms with Crippen LogP contribution < -0.4 is 5.73 Å². The highest BCUT2D eigenvalue weighted by molar-refractivity contribution is 5.98. The van der Waals surface area contributed by atoms with Crippen LogP contribution in [0.3, 0.4) is 0 Å². The summed E-state index contributed by atoms with van der Waals surface area (Å²) in [5, 5.41) is 10.5. The van der Waals surface area contributed by atoms with Gasteiger partial charge in [-0.25, -0.2) is 0 Å². The lowest BCUT2D eigenvalue weighted by atomic mass is 9.87. The monoisotopic (exact) mass is 341 g/mol. The SMILES string of the molecule is Cn1cc(C(N)=O)cc1C(=O)N1CCC(C(O)c2ccccc2)CC1. The molecule has 1 fully saturated rings. The van der Waals surface area contributed by atoms with Crippen molar-refractivity contribution in [1.29, 1.82) is 0 Å². The summed E-state index contributed by atoms with van der Waals surface area (Å²) in [6, 6.07) is 11.2. The first-order chi connectivity index (χ1) is 12.0. The molecule has 0 saturated carbocycles. The Kier molecular flexibility index (Phi) is 4.90. The van der Waals surface area contributed by atoms with Crippen LogP contribution >= 0.6 is 0 Å². The van der Waals surface area contributed by atoms with Crippen LogP contribution in [0, 0.1) is 5.92 Å². The van der Waals surface area contributed by atoms with E-state index in [1.165, 1.54) is 6.07 Å². The molecule has 2 amide bonds. The van der Waals surface area contributed by atoms with Crippen LogP contribution in [0.1, 0.15) is 45.4 Å². The highest BCUT2D eigenvalue weighted by Gasteiger charge is 2.29. The number of aliphatic hydroxyl groups excluding tert-OH is 1. The molecular formula is C19H23N3O3. The van der Waals surface area contributed by atoms with E-state index >= 15 is 0 Å². The summed E-state index contributed by atoms with van der Waals surface area (Å²) < 4.78 is 1.63. The summed E-state index contributed by atoms with van der Waals surface area (Å²) in [5.74, 6) is -0.511. The quantitative estimate of drug-likeness (QED) is 0.887. The average molecular weight is 341 g/mol. The van der Waals surface area contributed by atoms with Crippen LogP contribution in [0.4, 0.5) is 0 Å². The number of nitrogens with two attached hydrogens (primary N) is 1. The van der Waals surface area contributed by atoms with Crippen molar-refractivity contribution in [2.24, 2.45) is 18.7 Å². The molecule has 2 heterocycles. The van der Waals surface area contributed by atoms with Crippen molar-refractivity contribution < 1.29 is 14.7 Å². The predicted molar refractivity (Wildman–Crippen MR) is 94.0 cm³/mol. The van der Waals surface area contributed by atoms with Crippen molar-refractivity contribution >= 4 is 11.8 Å².